The zero-order valence-electron chi connectivity index (χ0n) is 7.73. The van der Waals surface area contributed by atoms with Crippen LogP contribution in [0.5, 0.6) is 5.75 Å². The molecule has 1 amide bonds. The van der Waals surface area contributed by atoms with Gasteiger partial charge in [0.25, 0.3) is 5.91 Å². The Bertz CT molecular complexity index is 410. The zero-order chi connectivity index (χ0) is 9.71. The molecule has 1 saturated carbocycles. The normalized spacial score (nSPS) is 20.0. The van der Waals surface area contributed by atoms with E-state index >= 15 is 0 Å². The Kier molecular flexibility index (Phi) is 1.40. The van der Waals surface area contributed by atoms with Crippen LogP contribution in [0.25, 0.3) is 0 Å². The molecule has 3 nitrogen and oxygen atoms in total. The van der Waals surface area contributed by atoms with Crippen molar-refractivity contribution >= 4 is 5.91 Å². The van der Waals surface area contributed by atoms with Gasteiger partial charge in [0.05, 0.1) is 0 Å². The maximum absolute atomic E-state index is 11.8. The number of phenols is 1. The predicted octanol–water partition coefficient (Wildman–Crippen LogP) is 1.51. The number of rotatable bonds is 1. The standard InChI is InChI=1S/C11H11NO2/c13-9-3-4-10-7(5-9)6-12(11(10)14)8-1-2-8/h3-5,8,13H,1-2,6H2. The number of hydrogen-bond donors (Lipinski definition) is 1. The molecule has 0 bridgehead atoms. The van der Waals surface area contributed by atoms with Crippen molar-refractivity contribution in [3.05, 3.63) is 29.3 Å². The molecule has 1 aliphatic carbocycles. The molecule has 3 rings (SSSR count). The second-order valence-electron chi connectivity index (χ2n) is 4.01. The van der Waals surface area contributed by atoms with E-state index in [1.54, 1.807) is 18.2 Å². The Labute approximate surface area is 82.0 Å². The fourth-order valence-electron chi connectivity index (χ4n) is 2.01. The van der Waals surface area contributed by atoms with Gasteiger partial charge in [0.2, 0.25) is 0 Å². The number of phenolic OH excluding ortho intramolecular Hbond substituents is 1. The summed E-state index contributed by atoms with van der Waals surface area (Å²) in [6, 6.07) is 5.44. The van der Waals surface area contributed by atoms with Crippen molar-refractivity contribution in [2.75, 3.05) is 0 Å². The lowest BCUT2D eigenvalue weighted by atomic mass is 10.1. The molecule has 1 aromatic rings. The SMILES string of the molecule is O=C1c2ccc(O)cc2CN1C1CC1. The highest BCUT2D eigenvalue weighted by molar-refractivity contribution is 5.98. The largest absolute Gasteiger partial charge is 0.508 e. The first-order chi connectivity index (χ1) is 6.75. The molecule has 1 N–H and O–H groups in total. The van der Waals surface area contributed by atoms with Crippen molar-refractivity contribution in [1.82, 2.24) is 4.90 Å². The lowest BCUT2D eigenvalue weighted by Gasteiger charge is -2.13. The van der Waals surface area contributed by atoms with Crippen LogP contribution in [0, 0.1) is 0 Å². The zero-order valence-corrected chi connectivity index (χ0v) is 7.73. The van der Waals surface area contributed by atoms with Crippen LogP contribution in [-0.4, -0.2) is 22.0 Å². The minimum Gasteiger partial charge on any atom is -0.508 e. The maximum Gasteiger partial charge on any atom is 0.254 e. The van der Waals surface area contributed by atoms with Crippen molar-refractivity contribution in [2.45, 2.75) is 25.4 Å². The van der Waals surface area contributed by atoms with E-state index in [9.17, 15) is 9.90 Å². The lowest BCUT2D eigenvalue weighted by Crippen LogP contribution is -2.25. The predicted molar refractivity (Wildman–Crippen MR) is 51.0 cm³/mol. The van der Waals surface area contributed by atoms with Crippen LogP contribution in [0.1, 0.15) is 28.8 Å². The van der Waals surface area contributed by atoms with Gasteiger partial charge in [-0.15, -0.1) is 0 Å². The van der Waals surface area contributed by atoms with Crippen molar-refractivity contribution in [1.29, 1.82) is 0 Å². The van der Waals surface area contributed by atoms with Gasteiger partial charge in [-0.3, -0.25) is 4.79 Å². The van der Waals surface area contributed by atoms with Gasteiger partial charge in [0, 0.05) is 18.2 Å². The molecule has 0 aromatic heterocycles. The number of nitrogens with zero attached hydrogens (tertiary/aromatic N) is 1. The van der Waals surface area contributed by atoms with Crippen LogP contribution in [0.15, 0.2) is 18.2 Å². The van der Waals surface area contributed by atoms with E-state index in [-0.39, 0.29) is 11.7 Å². The van der Waals surface area contributed by atoms with Gasteiger partial charge in [-0.1, -0.05) is 0 Å². The number of hydrogen-bond acceptors (Lipinski definition) is 2. The van der Waals surface area contributed by atoms with E-state index in [1.165, 1.54) is 0 Å². The molecule has 1 aromatic carbocycles. The Balaban J connectivity index is 2.01. The van der Waals surface area contributed by atoms with E-state index in [2.05, 4.69) is 0 Å². The molecule has 3 heteroatoms. The fourth-order valence-corrected chi connectivity index (χ4v) is 2.01. The first-order valence-corrected chi connectivity index (χ1v) is 4.88. The quantitative estimate of drug-likeness (QED) is 0.727. The summed E-state index contributed by atoms with van der Waals surface area (Å²) >= 11 is 0. The highest BCUT2D eigenvalue weighted by Gasteiger charge is 2.38. The molecule has 0 saturated heterocycles. The number of carbonyl (C=O) groups excluding carboxylic acids is 1. The first kappa shape index (κ1) is 7.85. The second-order valence-corrected chi connectivity index (χ2v) is 4.01. The number of amides is 1. The summed E-state index contributed by atoms with van der Waals surface area (Å²) in [5, 5.41) is 9.29. The number of carbonyl (C=O) groups is 1. The molecule has 1 fully saturated rings. The highest BCUT2D eigenvalue weighted by atomic mass is 16.3. The number of aromatic hydroxyl groups is 1. The van der Waals surface area contributed by atoms with Crippen LogP contribution in [0.2, 0.25) is 0 Å². The summed E-state index contributed by atoms with van der Waals surface area (Å²) < 4.78 is 0. The third-order valence-corrected chi connectivity index (χ3v) is 2.91. The molecule has 0 unspecified atom stereocenters. The molecule has 1 heterocycles. The molecule has 0 radical (unpaired) electrons. The number of benzene rings is 1. The lowest BCUT2D eigenvalue weighted by molar-refractivity contribution is 0.0766. The summed E-state index contributed by atoms with van der Waals surface area (Å²) in [7, 11) is 0. The van der Waals surface area contributed by atoms with E-state index in [1.807, 2.05) is 4.90 Å². The number of fused-ring (bicyclic) bond motifs is 1. The van der Waals surface area contributed by atoms with E-state index in [0.717, 1.165) is 24.0 Å². The van der Waals surface area contributed by atoms with Gasteiger partial charge in [0.1, 0.15) is 5.75 Å². The average molecular weight is 189 g/mol. The average Bonchev–Trinajstić information content (AvgIpc) is 2.93. The minimum atomic E-state index is 0.127. The van der Waals surface area contributed by atoms with Crippen molar-refractivity contribution in [2.24, 2.45) is 0 Å². The van der Waals surface area contributed by atoms with E-state index in [4.69, 9.17) is 0 Å². The van der Waals surface area contributed by atoms with Crippen molar-refractivity contribution in [3.63, 3.8) is 0 Å². The molecule has 0 spiro atoms. The molecular weight excluding hydrogens is 178 g/mol. The van der Waals surface area contributed by atoms with E-state index in [0.29, 0.717) is 12.6 Å². The van der Waals surface area contributed by atoms with Crippen LogP contribution >= 0.6 is 0 Å². The van der Waals surface area contributed by atoms with Crippen molar-refractivity contribution < 1.29 is 9.90 Å². The molecule has 0 atom stereocenters. The summed E-state index contributed by atoms with van der Waals surface area (Å²) in [4.78, 5) is 13.7. The Morgan fingerprint density at radius 3 is 2.86 bits per heavy atom. The van der Waals surface area contributed by atoms with Gasteiger partial charge >= 0.3 is 0 Å². The molecule has 1 aliphatic heterocycles. The van der Waals surface area contributed by atoms with Gasteiger partial charge in [-0.05, 0) is 36.6 Å². The van der Waals surface area contributed by atoms with Gasteiger partial charge in [0.15, 0.2) is 0 Å². The van der Waals surface area contributed by atoms with Crippen LogP contribution in [0.4, 0.5) is 0 Å². The minimum absolute atomic E-state index is 0.127. The fraction of sp³-hybridized carbons (Fsp3) is 0.364. The smallest absolute Gasteiger partial charge is 0.254 e. The Hall–Kier alpha value is -1.51. The third-order valence-electron chi connectivity index (χ3n) is 2.91. The Morgan fingerprint density at radius 1 is 1.36 bits per heavy atom. The molecule has 72 valence electrons. The topological polar surface area (TPSA) is 40.5 Å². The molecule has 2 aliphatic rings. The third kappa shape index (κ3) is 1.02. The van der Waals surface area contributed by atoms with Crippen LogP contribution in [-0.2, 0) is 6.54 Å². The van der Waals surface area contributed by atoms with Crippen molar-refractivity contribution in [3.8, 4) is 5.75 Å². The van der Waals surface area contributed by atoms with Gasteiger partial charge in [-0.2, -0.15) is 0 Å². The van der Waals surface area contributed by atoms with E-state index < -0.39 is 0 Å². The second kappa shape index (κ2) is 2.50. The van der Waals surface area contributed by atoms with Crippen LogP contribution < -0.4 is 0 Å². The first-order valence-electron chi connectivity index (χ1n) is 4.88. The molecule has 14 heavy (non-hydrogen) atoms. The Morgan fingerprint density at radius 2 is 2.14 bits per heavy atom. The summed E-state index contributed by atoms with van der Waals surface area (Å²) in [6.45, 7) is 0.674. The van der Waals surface area contributed by atoms with Gasteiger partial charge in [-0.25, -0.2) is 0 Å². The van der Waals surface area contributed by atoms with Crippen LogP contribution in [0.3, 0.4) is 0 Å². The summed E-state index contributed by atoms with van der Waals surface area (Å²) in [5.41, 5.74) is 1.72. The molecular formula is C11H11NO2. The highest BCUT2D eigenvalue weighted by Crippen LogP contribution is 2.35. The van der Waals surface area contributed by atoms with Gasteiger partial charge < -0.3 is 10.0 Å². The maximum atomic E-state index is 11.8. The summed E-state index contributed by atoms with van der Waals surface area (Å²) in [5.74, 6) is 0.372. The monoisotopic (exact) mass is 189 g/mol. The summed E-state index contributed by atoms with van der Waals surface area (Å²) in [6.07, 6.45) is 2.26.